The summed E-state index contributed by atoms with van der Waals surface area (Å²) in [6.45, 7) is 0. The van der Waals surface area contributed by atoms with Crippen LogP contribution in [-0.4, -0.2) is 17.7 Å². The van der Waals surface area contributed by atoms with Gasteiger partial charge in [0.05, 0.1) is 0 Å². The largest absolute Gasteiger partial charge is 0.288 e. The first-order chi connectivity index (χ1) is 5.12. The van der Waals surface area contributed by atoms with E-state index >= 15 is 0 Å². The molecule has 1 heterocycles. The molecule has 1 aliphatic heterocycles. The van der Waals surface area contributed by atoms with Crippen molar-refractivity contribution in [2.75, 3.05) is 0 Å². The van der Waals surface area contributed by atoms with Gasteiger partial charge in [0.1, 0.15) is 0 Å². The van der Waals surface area contributed by atoms with Crippen molar-refractivity contribution in [1.29, 1.82) is 0 Å². The van der Waals surface area contributed by atoms with Crippen LogP contribution in [-0.2, 0) is 0 Å². The molecular formula is C3H15N9. The molecule has 0 spiro atoms. The van der Waals surface area contributed by atoms with Crippen molar-refractivity contribution in [3.63, 3.8) is 0 Å². The second-order valence-electron chi connectivity index (χ2n) is 2.98. The van der Waals surface area contributed by atoms with Gasteiger partial charge < -0.3 is 0 Å². The zero-order chi connectivity index (χ0) is 9.62. The van der Waals surface area contributed by atoms with Crippen LogP contribution in [0.2, 0.25) is 0 Å². The molecule has 0 radical (unpaired) electrons. The molecule has 0 aromatic heterocycles. The average molecular weight is 177 g/mol. The molecule has 1 saturated heterocycles. The summed E-state index contributed by atoms with van der Waals surface area (Å²) in [7, 11) is 0. The van der Waals surface area contributed by atoms with E-state index in [1.54, 1.807) is 0 Å². The summed E-state index contributed by atoms with van der Waals surface area (Å²) in [6, 6.07) is 0. The lowest BCUT2D eigenvalue weighted by molar-refractivity contribution is 0.00501. The number of rotatable bonds is 0. The maximum atomic E-state index is 5.42. The highest BCUT2D eigenvalue weighted by molar-refractivity contribution is 4.94. The minimum Gasteiger partial charge on any atom is -0.288 e. The molecule has 72 valence electrons. The molecule has 0 amide bonds. The first kappa shape index (κ1) is 9.73. The number of hydrogen-bond donors (Lipinski definition) is 9. The van der Waals surface area contributed by atoms with Crippen molar-refractivity contribution in [1.82, 2.24) is 16.0 Å². The smallest absolute Gasteiger partial charge is 0.183 e. The monoisotopic (exact) mass is 177 g/mol. The normalized spacial score (nSPS) is 31.5. The molecule has 0 atom stereocenters. The minimum atomic E-state index is -1.52. The summed E-state index contributed by atoms with van der Waals surface area (Å²) >= 11 is 0. The molecule has 0 bridgehead atoms. The number of hydrogen-bond acceptors (Lipinski definition) is 9. The summed E-state index contributed by atoms with van der Waals surface area (Å²) in [5.41, 5.74) is 32.5. The molecule has 0 aromatic carbocycles. The summed E-state index contributed by atoms with van der Waals surface area (Å²) in [5, 5.41) is 7.25. The highest BCUT2D eigenvalue weighted by Gasteiger charge is 2.43. The SMILES string of the molecule is NC1(N)NC(N)(N)NC(N)(N)N1. The Morgan fingerprint density at radius 3 is 0.833 bits per heavy atom. The fraction of sp³-hybridized carbons (Fsp3) is 1.00. The van der Waals surface area contributed by atoms with E-state index in [1.165, 1.54) is 0 Å². The van der Waals surface area contributed by atoms with Crippen LogP contribution in [0, 0.1) is 0 Å². The van der Waals surface area contributed by atoms with Crippen molar-refractivity contribution >= 4 is 0 Å². The third kappa shape index (κ3) is 2.31. The highest BCUT2D eigenvalue weighted by atomic mass is 15.7. The van der Waals surface area contributed by atoms with Crippen LogP contribution in [0.15, 0.2) is 0 Å². The van der Waals surface area contributed by atoms with E-state index in [4.69, 9.17) is 34.4 Å². The third-order valence-electron chi connectivity index (χ3n) is 1.24. The maximum Gasteiger partial charge on any atom is 0.183 e. The quantitative estimate of drug-likeness (QED) is 0.162. The van der Waals surface area contributed by atoms with Gasteiger partial charge in [-0.3, -0.25) is 34.4 Å². The molecule has 1 rings (SSSR count). The zero-order valence-corrected chi connectivity index (χ0v) is 6.46. The van der Waals surface area contributed by atoms with Gasteiger partial charge in [-0.15, -0.1) is 0 Å². The van der Waals surface area contributed by atoms with Crippen LogP contribution in [0.4, 0.5) is 0 Å². The van der Waals surface area contributed by atoms with Gasteiger partial charge in [0, 0.05) is 0 Å². The predicted molar refractivity (Wildman–Crippen MR) is 42.7 cm³/mol. The average Bonchev–Trinajstić information content (AvgIpc) is 1.44. The molecule has 9 nitrogen and oxygen atoms in total. The Kier molecular flexibility index (Phi) is 1.88. The van der Waals surface area contributed by atoms with E-state index in [0.717, 1.165) is 0 Å². The standard InChI is InChI=1S/C3H15N9/c4-1(5)10-2(6,7)12-3(8,9)11-1/h10-12H,4-9H2. The molecule has 9 heteroatoms. The Hall–Kier alpha value is -0.360. The molecule has 1 fully saturated rings. The van der Waals surface area contributed by atoms with Gasteiger partial charge in [0.25, 0.3) is 0 Å². The van der Waals surface area contributed by atoms with Crippen LogP contribution in [0.25, 0.3) is 0 Å². The lowest BCUT2D eigenvalue weighted by Gasteiger charge is -2.49. The molecule has 0 unspecified atom stereocenters. The van der Waals surface area contributed by atoms with Gasteiger partial charge >= 0.3 is 0 Å². The fourth-order valence-electron chi connectivity index (χ4n) is 1.12. The number of nitrogens with one attached hydrogen (secondary N) is 3. The molecule has 0 aliphatic carbocycles. The summed E-state index contributed by atoms with van der Waals surface area (Å²) in [6.07, 6.45) is 0. The van der Waals surface area contributed by atoms with Crippen molar-refractivity contribution in [2.45, 2.75) is 17.7 Å². The van der Waals surface area contributed by atoms with Crippen molar-refractivity contribution < 1.29 is 0 Å². The summed E-state index contributed by atoms with van der Waals surface area (Å²) in [4.78, 5) is 0. The van der Waals surface area contributed by atoms with E-state index in [9.17, 15) is 0 Å². The van der Waals surface area contributed by atoms with Gasteiger partial charge in [0.2, 0.25) is 0 Å². The molecule has 1 aliphatic rings. The Bertz CT molecular complexity index is 137. The summed E-state index contributed by atoms with van der Waals surface area (Å²) < 4.78 is 0. The van der Waals surface area contributed by atoms with Gasteiger partial charge in [-0.1, -0.05) is 0 Å². The second kappa shape index (κ2) is 2.32. The van der Waals surface area contributed by atoms with E-state index < -0.39 is 17.7 Å². The third-order valence-corrected chi connectivity index (χ3v) is 1.24. The van der Waals surface area contributed by atoms with E-state index in [2.05, 4.69) is 16.0 Å². The molecule has 12 heavy (non-hydrogen) atoms. The minimum absolute atomic E-state index is 1.52. The lowest BCUT2D eigenvalue weighted by Crippen LogP contribution is -2.98. The van der Waals surface area contributed by atoms with Gasteiger partial charge in [0.15, 0.2) is 17.7 Å². The van der Waals surface area contributed by atoms with Crippen LogP contribution in [0.3, 0.4) is 0 Å². The first-order valence-corrected chi connectivity index (χ1v) is 3.23. The Morgan fingerprint density at radius 2 is 0.667 bits per heavy atom. The van der Waals surface area contributed by atoms with Gasteiger partial charge in [-0.2, -0.15) is 0 Å². The Labute approximate surface area is 69.2 Å². The highest BCUT2D eigenvalue weighted by Crippen LogP contribution is 1.97. The molecule has 0 aromatic rings. The summed E-state index contributed by atoms with van der Waals surface area (Å²) in [5.74, 6) is -4.55. The Balaban J connectivity index is 2.81. The van der Waals surface area contributed by atoms with Gasteiger partial charge in [-0.05, 0) is 0 Å². The van der Waals surface area contributed by atoms with Crippen LogP contribution >= 0.6 is 0 Å². The van der Waals surface area contributed by atoms with Crippen molar-refractivity contribution in [3.05, 3.63) is 0 Å². The van der Waals surface area contributed by atoms with E-state index in [-0.39, 0.29) is 0 Å². The van der Waals surface area contributed by atoms with Crippen molar-refractivity contribution in [3.8, 4) is 0 Å². The second-order valence-corrected chi connectivity index (χ2v) is 2.98. The topological polar surface area (TPSA) is 192 Å². The number of nitrogens with two attached hydrogens (primary N) is 6. The fourth-order valence-corrected chi connectivity index (χ4v) is 1.12. The molecular weight excluding hydrogens is 162 g/mol. The van der Waals surface area contributed by atoms with E-state index in [1.807, 2.05) is 0 Å². The van der Waals surface area contributed by atoms with Crippen LogP contribution in [0.1, 0.15) is 0 Å². The maximum absolute atomic E-state index is 5.42. The molecule has 0 saturated carbocycles. The van der Waals surface area contributed by atoms with Crippen LogP contribution in [0.5, 0.6) is 0 Å². The Morgan fingerprint density at radius 1 is 0.500 bits per heavy atom. The lowest BCUT2D eigenvalue weighted by atomic mass is 10.4. The predicted octanol–water partition coefficient (Wildman–Crippen LogP) is -5.65. The first-order valence-electron chi connectivity index (χ1n) is 3.23. The van der Waals surface area contributed by atoms with Gasteiger partial charge in [-0.25, -0.2) is 16.0 Å². The van der Waals surface area contributed by atoms with Crippen LogP contribution < -0.4 is 50.4 Å². The molecule has 15 N–H and O–H groups in total. The zero-order valence-electron chi connectivity index (χ0n) is 6.46. The van der Waals surface area contributed by atoms with E-state index in [0.29, 0.717) is 0 Å². The van der Waals surface area contributed by atoms with Crippen molar-refractivity contribution in [2.24, 2.45) is 34.4 Å².